The number of thiophene rings is 1. The Labute approximate surface area is 168 Å². The molecule has 1 aromatic heterocycles. The number of nitrogens with one attached hydrogen (secondary N) is 1. The second-order valence-corrected chi connectivity index (χ2v) is 8.27. The monoisotopic (exact) mass is 404 g/mol. The molecule has 1 unspecified atom stereocenters. The van der Waals surface area contributed by atoms with Crippen LogP contribution in [0.4, 0.5) is 15.1 Å². The molecule has 0 fully saturated rings. The highest BCUT2D eigenvalue weighted by atomic mass is 32.1. The second-order valence-electron chi connectivity index (χ2n) is 7.04. The van der Waals surface area contributed by atoms with Crippen LogP contribution >= 0.6 is 11.3 Å². The molecule has 1 N–H and O–H groups in total. The van der Waals surface area contributed by atoms with Crippen molar-refractivity contribution in [3.05, 3.63) is 45.6 Å². The van der Waals surface area contributed by atoms with Crippen molar-refractivity contribution in [1.29, 1.82) is 0 Å². The van der Waals surface area contributed by atoms with Crippen molar-refractivity contribution >= 4 is 33.9 Å². The van der Waals surface area contributed by atoms with E-state index in [1.54, 1.807) is 13.0 Å². The van der Waals surface area contributed by atoms with E-state index in [1.807, 2.05) is 18.7 Å². The number of carbonyl (C=O) groups excluding carboxylic acids is 2. The van der Waals surface area contributed by atoms with Crippen molar-refractivity contribution in [3.63, 3.8) is 0 Å². The lowest BCUT2D eigenvalue weighted by Crippen LogP contribution is -2.42. The Morgan fingerprint density at radius 3 is 2.82 bits per heavy atom. The van der Waals surface area contributed by atoms with E-state index in [2.05, 4.69) is 12.2 Å². The predicted molar refractivity (Wildman–Crippen MR) is 110 cm³/mol. The van der Waals surface area contributed by atoms with Crippen LogP contribution in [0.15, 0.2) is 18.2 Å². The Kier molecular flexibility index (Phi) is 6.03. The third-order valence-corrected chi connectivity index (χ3v) is 6.27. The fourth-order valence-electron chi connectivity index (χ4n) is 3.52. The van der Waals surface area contributed by atoms with Gasteiger partial charge in [-0.05, 0) is 69.9 Å². The summed E-state index contributed by atoms with van der Waals surface area (Å²) in [7, 11) is 0. The standard InChI is InChI=1S/C21H25FN2O3S/c1-5-27-21(26)19-13(3)14(4)28-20(19)23-18(25)11-24-12(2)6-7-15-10-16(22)8-9-17(15)24/h8-10,12H,5-7,11H2,1-4H3,(H,23,25). The molecule has 0 saturated carbocycles. The van der Waals surface area contributed by atoms with E-state index in [-0.39, 0.29) is 30.9 Å². The number of benzene rings is 1. The van der Waals surface area contributed by atoms with Crippen molar-refractivity contribution in [2.24, 2.45) is 0 Å². The van der Waals surface area contributed by atoms with Crippen LogP contribution < -0.4 is 10.2 Å². The van der Waals surface area contributed by atoms with Crippen LogP contribution in [0.1, 0.15) is 46.6 Å². The minimum Gasteiger partial charge on any atom is -0.462 e. The largest absolute Gasteiger partial charge is 0.462 e. The molecule has 0 bridgehead atoms. The number of nitrogens with zero attached hydrogens (tertiary/aromatic N) is 1. The summed E-state index contributed by atoms with van der Waals surface area (Å²) in [6.07, 6.45) is 1.65. The minimum atomic E-state index is -0.424. The molecule has 150 valence electrons. The van der Waals surface area contributed by atoms with Gasteiger partial charge in [0.05, 0.1) is 18.7 Å². The molecule has 1 aromatic carbocycles. The number of hydrogen-bond donors (Lipinski definition) is 1. The molecule has 28 heavy (non-hydrogen) atoms. The summed E-state index contributed by atoms with van der Waals surface area (Å²) in [4.78, 5) is 28.0. The van der Waals surface area contributed by atoms with Gasteiger partial charge in [0.1, 0.15) is 10.8 Å². The van der Waals surface area contributed by atoms with Crippen LogP contribution in [0.3, 0.4) is 0 Å². The second kappa shape index (κ2) is 8.31. The van der Waals surface area contributed by atoms with Crippen LogP contribution in [0.2, 0.25) is 0 Å². The molecule has 2 aromatic rings. The first-order valence-corrected chi connectivity index (χ1v) is 10.3. The van der Waals surface area contributed by atoms with Gasteiger partial charge in [-0.1, -0.05) is 0 Å². The van der Waals surface area contributed by atoms with Crippen molar-refractivity contribution < 1.29 is 18.7 Å². The van der Waals surface area contributed by atoms with Crippen molar-refractivity contribution in [2.75, 3.05) is 23.4 Å². The van der Waals surface area contributed by atoms with Gasteiger partial charge in [-0.25, -0.2) is 9.18 Å². The van der Waals surface area contributed by atoms with Crippen LogP contribution in [-0.2, 0) is 16.0 Å². The van der Waals surface area contributed by atoms with E-state index in [9.17, 15) is 14.0 Å². The van der Waals surface area contributed by atoms with Crippen molar-refractivity contribution in [3.8, 4) is 0 Å². The van der Waals surface area contributed by atoms with E-state index in [0.29, 0.717) is 10.6 Å². The highest BCUT2D eigenvalue weighted by Crippen LogP contribution is 2.34. The third kappa shape index (κ3) is 4.04. The molecule has 3 rings (SSSR count). The number of carbonyl (C=O) groups is 2. The molecule has 0 spiro atoms. The fraction of sp³-hybridized carbons (Fsp3) is 0.429. The number of fused-ring (bicyclic) bond motifs is 1. The van der Waals surface area contributed by atoms with Gasteiger partial charge < -0.3 is 15.0 Å². The van der Waals surface area contributed by atoms with E-state index < -0.39 is 5.97 Å². The number of anilines is 2. The Morgan fingerprint density at radius 1 is 1.36 bits per heavy atom. The smallest absolute Gasteiger partial charge is 0.341 e. The van der Waals surface area contributed by atoms with Crippen molar-refractivity contribution in [1.82, 2.24) is 0 Å². The first-order valence-electron chi connectivity index (χ1n) is 9.43. The van der Waals surface area contributed by atoms with Gasteiger partial charge in [0.25, 0.3) is 0 Å². The number of rotatable bonds is 5. The van der Waals surface area contributed by atoms with Gasteiger partial charge in [0, 0.05) is 16.6 Å². The van der Waals surface area contributed by atoms with E-state index in [0.717, 1.165) is 34.5 Å². The SMILES string of the molecule is CCOC(=O)c1c(NC(=O)CN2c3ccc(F)cc3CCC2C)sc(C)c1C. The van der Waals surface area contributed by atoms with E-state index >= 15 is 0 Å². The number of amides is 1. The van der Waals surface area contributed by atoms with Gasteiger partial charge in [0.15, 0.2) is 0 Å². The summed E-state index contributed by atoms with van der Waals surface area (Å²) in [6.45, 7) is 7.99. The maximum Gasteiger partial charge on any atom is 0.341 e. The lowest BCUT2D eigenvalue weighted by Gasteiger charge is -2.36. The molecule has 0 radical (unpaired) electrons. The number of ether oxygens (including phenoxy) is 1. The lowest BCUT2D eigenvalue weighted by molar-refractivity contribution is -0.115. The lowest BCUT2D eigenvalue weighted by atomic mass is 9.96. The maximum absolute atomic E-state index is 13.6. The van der Waals surface area contributed by atoms with Gasteiger partial charge >= 0.3 is 5.97 Å². The molecule has 1 atom stereocenters. The summed E-state index contributed by atoms with van der Waals surface area (Å²) in [6, 6.07) is 4.86. The summed E-state index contributed by atoms with van der Waals surface area (Å²) < 4.78 is 18.7. The van der Waals surface area contributed by atoms with Gasteiger partial charge in [-0.3, -0.25) is 4.79 Å². The van der Waals surface area contributed by atoms with Crippen LogP contribution in [-0.4, -0.2) is 31.1 Å². The zero-order chi connectivity index (χ0) is 20.4. The van der Waals surface area contributed by atoms with Crippen LogP contribution in [0.5, 0.6) is 0 Å². The fourth-order valence-corrected chi connectivity index (χ4v) is 4.58. The summed E-state index contributed by atoms with van der Waals surface area (Å²) >= 11 is 1.37. The normalized spacial score (nSPS) is 15.9. The first-order chi connectivity index (χ1) is 13.3. The number of esters is 1. The predicted octanol–water partition coefficient (Wildman–Crippen LogP) is 4.46. The van der Waals surface area contributed by atoms with Crippen molar-refractivity contribution in [2.45, 2.75) is 46.6 Å². The Hall–Kier alpha value is -2.41. The molecule has 1 aliphatic rings. The third-order valence-electron chi connectivity index (χ3n) is 5.15. The maximum atomic E-state index is 13.6. The average molecular weight is 405 g/mol. The Morgan fingerprint density at radius 2 is 2.11 bits per heavy atom. The Balaban J connectivity index is 1.80. The quantitative estimate of drug-likeness (QED) is 0.748. The molecule has 5 nitrogen and oxygen atoms in total. The van der Waals surface area contributed by atoms with Gasteiger partial charge in [-0.15, -0.1) is 11.3 Å². The highest BCUT2D eigenvalue weighted by molar-refractivity contribution is 7.16. The molecule has 1 aliphatic heterocycles. The minimum absolute atomic E-state index is 0.137. The summed E-state index contributed by atoms with van der Waals surface area (Å²) in [5.74, 6) is -0.899. The zero-order valence-corrected chi connectivity index (χ0v) is 17.4. The van der Waals surface area contributed by atoms with E-state index in [1.165, 1.54) is 23.5 Å². The molecule has 7 heteroatoms. The van der Waals surface area contributed by atoms with E-state index in [4.69, 9.17) is 4.74 Å². The topological polar surface area (TPSA) is 58.6 Å². The number of aryl methyl sites for hydroxylation is 2. The Bertz CT molecular complexity index is 909. The molecular formula is C21H25FN2O3S. The van der Waals surface area contributed by atoms with Gasteiger partial charge in [0.2, 0.25) is 5.91 Å². The molecular weight excluding hydrogens is 379 g/mol. The number of halogens is 1. The van der Waals surface area contributed by atoms with Crippen LogP contribution in [0, 0.1) is 19.7 Å². The average Bonchev–Trinajstić information content (AvgIpc) is 2.91. The zero-order valence-electron chi connectivity index (χ0n) is 16.6. The highest BCUT2D eigenvalue weighted by Gasteiger charge is 2.27. The molecule has 0 aliphatic carbocycles. The first kappa shape index (κ1) is 20.3. The summed E-state index contributed by atoms with van der Waals surface area (Å²) in [5, 5.41) is 3.40. The van der Waals surface area contributed by atoms with Crippen LogP contribution in [0.25, 0.3) is 0 Å². The molecule has 1 amide bonds. The number of hydrogen-bond acceptors (Lipinski definition) is 5. The molecule has 2 heterocycles. The summed E-state index contributed by atoms with van der Waals surface area (Å²) in [5.41, 5.74) is 3.05. The molecule has 0 saturated heterocycles. The van der Waals surface area contributed by atoms with Gasteiger partial charge in [-0.2, -0.15) is 0 Å².